The Morgan fingerprint density at radius 2 is 1.14 bits per heavy atom. The van der Waals surface area contributed by atoms with Gasteiger partial charge in [-0.05, 0) is 85.1 Å². The molecule has 42 heavy (non-hydrogen) atoms. The summed E-state index contributed by atoms with van der Waals surface area (Å²) >= 11 is 0. The Morgan fingerprint density at radius 1 is 0.667 bits per heavy atom. The van der Waals surface area contributed by atoms with Gasteiger partial charge in [-0.2, -0.15) is 0 Å². The summed E-state index contributed by atoms with van der Waals surface area (Å²) in [6.45, 7) is 23.8. The average Bonchev–Trinajstić information content (AvgIpc) is 2.91. The van der Waals surface area contributed by atoms with Crippen LogP contribution in [0.25, 0.3) is 0 Å². The van der Waals surface area contributed by atoms with Crippen LogP contribution in [0.5, 0.6) is 0 Å². The van der Waals surface area contributed by atoms with Crippen molar-refractivity contribution in [1.29, 1.82) is 0 Å². The van der Waals surface area contributed by atoms with Gasteiger partial charge in [0.1, 0.15) is 0 Å². The predicted octanol–water partition coefficient (Wildman–Crippen LogP) is 9.59. The van der Waals surface area contributed by atoms with Gasteiger partial charge in [0.25, 0.3) is 0 Å². The molecule has 0 saturated carbocycles. The highest BCUT2D eigenvalue weighted by molar-refractivity contribution is 6.74. The molecule has 0 aromatic heterocycles. The van der Waals surface area contributed by atoms with E-state index in [2.05, 4.69) is 122 Å². The van der Waals surface area contributed by atoms with Crippen molar-refractivity contribution in [2.75, 3.05) is 13.2 Å². The lowest BCUT2D eigenvalue weighted by atomic mass is 9.93. The summed E-state index contributed by atoms with van der Waals surface area (Å²) in [5.41, 5.74) is 10.2. The van der Waals surface area contributed by atoms with Crippen molar-refractivity contribution in [3.05, 3.63) is 71.3 Å². The first-order chi connectivity index (χ1) is 19.4. The fourth-order valence-electron chi connectivity index (χ4n) is 4.40. The van der Waals surface area contributed by atoms with E-state index in [1.165, 1.54) is 24.0 Å². The van der Waals surface area contributed by atoms with Crippen LogP contribution in [0.15, 0.2) is 54.6 Å². The normalized spacial score (nSPS) is 14.3. The van der Waals surface area contributed by atoms with Crippen LogP contribution in [0.1, 0.15) is 103 Å². The van der Waals surface area contributed by atoms with E-state index >= 15 is 0 Å². The number of hydrogen-bond acceptors (Lipinski definition) is 4. The average molecular weight is 614 g/mol. The van der Waals surface area contributed by atoms with E-state index in [9.17, 15) is 5.11 Å². The minimum absolute atomic E-state index is 0.132. The van der Waals surface area contributed by atoms with Gasteiger partial charge < -0.3 is 19.7 Å². The fraction of sp³-hybridized carbons (Fsp3) is 0.667. The van der Waals surface area contributed by atoms with Gasteiger partial charge in [-0.1, -0.05) is 115 Å². The predicted molar refractivity (Wildman–Crippen MR) is 186 cm³/mol. The van der Waals surface area contributed by atoms with E-state index in [4.69, 9.17) is 14.6 Å². The van der Waals surface area contributed by atoms with Crippen LogP contribution in [-0.2, 0) is 21.7 Å². The zero-order chi connectivity index (χ0) is 31.7. The maximum Gasteiger partial charge on any atom is 0.192 e. The molecule has 1 unspecified atom stereocenters. The van der Waals surface area contributed by atoms with Crippen LogP contribution in [0.2, 0.25) is 36.3 Å². The van der Waals surface area contributed by atoms with E-state index in [0.717, 1.165) is 44.1 Å². The maximum absolute atomic E-state index is 10.8. The molecule has 1 atom stereocenters. The molecule has 2 aromatic carbocycles. The van der Waals surface area contributed by atoms with Gasteiger partial charge in [-0.25, -0.2) is 0 Å². The lowest BCUT2D eigenvalue weighted by Gasteiger charge is -2.42. The largest absolute Gasteiger partial charge is 0.415 e. The number of aliphatic hydroxyl groups is 1. The SMILES string of the molecule is CC(C)(C)[Si](C)(C)OCC(N)(CCc1ccc(C(O)CCCCCCc2ccccc2)cc1)CO[Si](C)(C)C(C)(C)C. The quantitative estimate of drug-likeness (QED) is 0.138. The highest BCUT2D eigenvalue weighted by Gasteiger charge is 2.42. The molecule has 0 bridgehead atoms. The van der Waals surface area contributed by atoms with E-state index < -0.39 is 28.3 Å². The molecule has 0 aliphatic heterocycles. The summed E-state index contributed by atoms with van der Waals surface area (Å²) in [7, 11) is -3.88. The van der Waals surface area contributed by atoms with E-state index in [-0.39, 0.29) is 10.1 Å². The van der Waals surface area contributed by atoms with Crippen molar-refractivity contribution in [2.45, 2.75) is 141 Å². The summed E-state index contributed by atoms with van der Waals surface area (Å²) in [5, 5.41) is 11.0. The third-order valence-electron chi connectivity index (χ3n) is 9.87. The summed E-state index contributed by atoms with van der Waals surface area (Å²) in [4.78, 5) is 0. The Balaban J connectivity index is 1.91. The van der Waals surface area contributed by atoms with Crippen LogP contribution in [-0.4, -0.2) is 40.5 Å². The van der Waals surface area contributed by atoms with Gasteiger partial charge in [0.15, 0.2) is 16.6 Å². The third kappa shape index (κ3) is 12.0. The maximum atomic E-state index is 10.8. The second-order valence-electron chi connectivity index (χ2n) is 15.7. The molecule has 0 aliphatic rings. The van der Waals surface area contributed by atoms with Crippen LogP contribution in [0.4, 0.5) is 0 Å². The third-order valence-corrected chi connectivity index (χ3v) is 18.8. The molecule has 238 valence electrons. The summed E-state index contributed by atoms with van der Waals surface area (Å²) in [6.07, 6.45) is 7.82. The molecule has 3 N–H and O–H groups in total. The van der Waals surface area contributed by atoms with Crippen LogP contribution in [0, 0.1) is 0 Å². The first-order valence-electron chi connectivity index (χ1n) is 16.2. The Hall–Kier alpha value is -1.29. The molecule has 2 aromatic rings. The van der Waals surface area contributed by atoms with Gasteiger partial charge in [0, 0.05) is 0 Å². The van der Waals surface area contributed by atoms with Crippen LogP contribution in [0.3, 0.4) is 0 Å². The number of benzene rings is 2. The Labute approximate surface area is 261 Å². The highest BCUT2D eigenvalue weighted by Crippen LogP contribution is 2.39. The van der Waals surface area contributed by atoms with Gasteiger partial charge in [0.05, 0.1) is 24.9 Å². The van der Waals surface area contributed by atoms with Crippen molar-refractivity contribution in [3.8, 4) is 0 Å². The summed E-state index contributed by atoms with van der Waals surface area (Å²) < 4.78 is 13.3. The van der Waals surface area contributed by atoms with Gasteiger partial charge in [-0.3, -0.25) is 0 Å². The number of nitrogens with two attached hydrogens (primary N) is 1. The Morgan fingerprint density at radius 3 is 1.64 bits per heavy atom. The molecule has 0 aliphatic carbocycles. The summed E-state index contributed by atoms with van der Waals surface area (Å²) in [6, 6.07) is 19.2. The molecule has 0 spiro atoms. The first-order valence-corrected chi connectivity index (χ1v) is 22.0. The van der Waals surface area contributed by atoms with Gasteiger partial charge >= 0.3 is 0 Å². The molecule has 2 rings (SSSR count). The molecule has 0 heterocycles. The Kier molecular flexibility index (Phi) is 13.7. The number of aliphatic hydroxyl groups excluding tert-OH is 1. The van der Waals surface area contributed by atoms with Crippen LogP contribution >= 0.6 is 0 Å². The van der Waals surface area contributed by atoms with Crippen molar-refractivity contribution >= 4 is 16.6 Å². The molecule has 0 saturated heterocycles. The molecule has 0 fully saturated rings. The van der Waals surface area contributed by atoms with Crippen molar-refractivity contribution in [2.24, 2.45) is 5.73 Å². The topological polar surface area (TPSA) is 64.7 Å². The number of unbranched alkanes of at least 4 members (excludes halogenated alkanes) is 3. The number of aryl methyl sites for hydroxylation is 2. The monoisotopic (exact) mass is 613 g/mol. The lowest BCUT2D eigenvalue weighted by Crippen LogP contribution is -2.56. The second kappa shape index (κ2) is 15.6. The number of hydrogen-bond donors (Lipinski definition) is 2. The number of rotatable bonds is 17. The molecule has 6 heteroatoms. The van der Waals surface area contributed by atoms with Crippen LogP contribution < -0.4 is 5.73 Å². The zero-order valence-corrected chi connectivity index (χ0v) is 30.7. The van der Waals surface area contributed by atoms with Gasteiger partial charge in [0.2, 0.25) is 0 Å². The highest BCUT2D eigenvalue weighted by atomic mass is 28.4. The first kappa shape index (κ1) is 36.9. The summed E-state index contributed by atoms with van der Waals surface area (Å²) in [5.74, 6) is 0. The molecule has 0 amide bonds. The smallest absolute Gasteiger partial charge is 0.192 e. The van der Waals surface area contributed by atoms with Gasteiger partial charge in [-0.15, -0.1) is 0 Å². The van der Waals surface area contributed by atoms with E-state index in [1.807, 2.05) is 0 Å². The van der Waals surface area contributed by atoms with E-state index in [1.54, 1.807) is 0 Å². The lowest BCUT2D eigenvalue weighted by molar-refractivity contribution is 0.123. The molecule has 0 radical (unpaired) electrons. The standard InChI is InChI=1S/C36H63NO3Si2/c1-34(2,3)41(7,8)39-28-36(37,29-40-42(9,10)35(4,5)6)27-26-31-22-24-32(25-23-31)33(38)21-17-12-11-14-18-30-19-15-13-16-20-30/h13,15-16,19-20,22-25,33,38H,11-12,14,17-18,21,26-29,37H2,1-10H3. The fourth-order valence-corrected chi connectivity index (χ4v) is 6.56. The zero-order valence-electron chi connectivity index (χ0n) is 28.7. The van der Waals surface area contributed by atoms with Crippen molar-refractivity contribution in [3.63, 3.8) is 0 Å². The molecular formula is C36H63NO3Si2. The minimum atomic E-state index is -1.94. The second-order valence-corrected chi connectivity index (χ2v) is 25.3. The molecule has 4 nitrogen and oxygen atoms in total. The molecular weight excluding hydrogens is 551 g/mol. The Bertz CT molecular complexity index is 1010. The van der Waals surface area contributed by atoms with Crippen molar-refractivity contribution in [1.82, 2.24) is 0 Å². The van der Waals surface area contributed by atoms with E-state index in [0.29, 0.717) is 13.2 Å². The van der Waals surface area contributed by atoms with Crippen molar-refractivity contribution < 1.29 is 14.0 Å². The minimum Gasteiger partial charge on any atom is -0.415 e.